The number of amides is 2. The van der Waals surface area contributed by atoms with E-state index in [9.17, 15) is 24.6 Å². The lowest BCUT2D eigenvalue weighted by Gasteiger charge is -2.48. The van der Waals surface area contributed by atoms with Crippen molar-refractivity contribution in [1.82, 2.24) is 10.6 Å². The topological polar surface area (TPSA) is 125 Å². The van der Waals surface area contributed by atoms with Crippen molar-refractivity contribution in [1.29, 1.82) is 0 Å². The highest BCUT2D eigenvalue weighted by molar-refractivity contribution is 6.27. The monoisotopic (exact) mass is 526 g/mol. The zero-order valence-corrected chi connectivity index (χ0v) is 22.6. The molecule has 5 rings (SSSR count). The summed E-state index contributed by atoms with van der Waals surface area (Å²) in [5.41, 5.74) is -0.191. The van der Waals surface area contributed by atoms with Crippen molar-refractivity contribution in [2.24, 2.45) is 47.3 Å². The molecule has 3 aliphatic carbocycles. The first-order valence-electron chi connectivity index (χ1n) is 14.4. The highest BCUT2D eigenvalue weighted by atomic mass is 16.5. The summed E-state index contributed by atoms with van der Waals surface area (Å²) in [5, 5.41) is 28.0. The molecule has 0 radical (unpaired) electrons. The summed E-state index contributed by atoms with van der Waals surface area (Å²) >= 11 is 0. The number of allylic oxidation sites excluding steroid dienone is 3. The fraction of sp³-hybridized carbons (Fsp3) is 0.700. The number of hydrogen-bond acceptors (Lipinski definition) is 6. The molecule has 5 aliphatic rings. The number of ether oxygens (including phenoxy) is 1. The fourth-order valence-electron chi connectivity index (χ4n) is 8.83. The Hall–Kier alpha value is -2.45. The fourth-order valence-corrected chi connectivity index (χ4v) is 8.83. The Morgan fingerprint density at radius 2 is 1.84 bits per heavy atom. The van der Waals surface area contributed by atoms with Crippen LogP contribution in [0.5, 0.6) is 0 Å². The van der Waals surface area contributed by atoms with Crippen molar-refractivity contribution >= 4 is 17.6 Å². The van der Waals surface area contributed by atoms with Crippen molar-refractivity contribution in [2.75, 3.05) is 13.7 Å². The van der Waals surface area contributed by atoms with Gasteiger partial charge in [-0.15, -0.1) is 0 Å². The maximum Gasteiger partial charge on any atom is 0.259 e. The van der Waals surface area contributed by atoms with Gasteiger partial charge in [-0.05, 0) is 91.6 Å². The minimum absolute atomic E-state index is 0.000776. The Morgan fingerprint density at radius 1 is 1.08 bits per heavy atom. The van der Waals surface area contributed by atoms with Crippen molar-refractivity contribution in [3.63, 3.8) is 0 Å². The van der Waals surface area contributed by atoms with E-state index in [4.69, 9.17) is 4.74 Å². The number of Topliss-reactive ketones (excluding diaryl/α,β-unsaturated/α-hetero) is 1. The van der Waals surface area contributed by atoms with Crippen molar-refractivity contribution in [2.45, 2.75) is 70.6 Å². The summed E-state index contributed by atoms with van der Waals surface area (Å²) in [5.74, 6) is 0.766. The number of carbonyl (C=O) groups is 3. The molecular formula is C30H42N2O6. The van der Waals surface area contributed by atoms with Crippen LogP contribution in [0.1, 0.15) is 52.4 Å². The molecule has 1 saturated heterocycles. The van der Waals surface area contributed by atoms with Gasteiger partial charge in [-0.1, -0.05) is 32.4 Å². The summed E-state index contributed by atoms with van der Waals surface area (Å²) in [6.45, 7) is 4.93. The van der Waals surface area contributed by atoms with Crippen LogP contribution in [0.3, 0.4) is 0 Å². The Morgan fingerprint density at radius 3 is 2.58 bits per heavy atom. The number of fused-ring (bicyclic) bond motifs is 7. The number of rotatable bonds is 2. The molecule has 0 spiro atoms. The lowest BCUT2D eigenvalue weighted by Crippen LogP contribution is -2.53. The second-order valence-electron chi connectivity index (χ2n) is 12.1. The van der Waals surface area contributed by atoms with Gasteiger partial charge in [0.15, 0.2) is 5.78 Å². The maximum absolute atomic E-state index is 12.9. The van der Waals surface area contributed by atoms with Gasteiger partial charge in [0.25, 0.3) is 5.91 Å². The third-order valence-electron chi connectivity index (χ3n) is 10.3. The molecule has 0 unspecified atom stereocenters. The van der Waals surface area contributed by atoms with E-state index in [1.807, 2.05) is 12.2 Å². The lowest BCUT2D eigenvalue weighted by molar-refractivity contribution is -0.144. The largest absolute Gasteiger partial charge is 0.507 e. The van der Waals surface area contributed by atoms with E-state index in [0.29, 0.717) is 55.4 Å². The summed E-state index contributed by atoms with van der Waals surface area (Å²) < 4.78 is 5.99. The Kier molecular flexibility index (Phi) is 7.83. The molecule has 3 saturated carbocycles. The van der Waals surface area contributed by atoms with Gasteiger partial charge in [-0.3, -0.25) is 14.4 Å². The number of hydrogen-bond donors (Lipinski definition) is 4. The number of aliphatic hydroxyl groups excluding tert-OH is 2. The molecule has 2 heterocycles. The summed E-state index contributed by atoms with van der Waals surface area (Å²) in [6, 6.07) is -0.690. The molecule has 4 fully saturated rings. The Balaban J connectivity index is 1.51. The standard InChI is InChI=1S/C30H42N2O6/c1-4-17-15(2)13-19-20-14-16-10-11-22(33)26-27(35)21(32-30(26)37)8-6-12-31-23(34)9-5-7-18(16)24(20)28(36)29(38-3)25(17)19/h5,9-11,15-21,24-25,28-29,33,36H,4,6-8,12-14H2,1-3H3,(H,31,34)(H,32,37)/b9-5+,11-10-,26-22?/t15-,16-,17-,18-,19-,20+,21+,24+,25+,28+,29+/m1/s1. The van der Waals surface area contributed by atoms with E-state index in [0.717, 1.165) is 19.3 Å². The van der Waals surface area contributed by atoms with Crippen LogP contribution in [-0.2, 0) is 19.1 Å². The molecule has 4 N–H and O–H groups in total. The zero-order chi connectivity index (χ0) is 27.1. The van der Waals surface area contributed by atoms with Crippen molar-refractivity contribution in [3.8, 4) is 0 Å². The lowest BCUT2D eigenvalue weighted by atomic mass is 9.62. The molecule has 208 valence electrons. The number of methoxy groups -OCH3 is 1. The van der Waals surface area contributed by atoms with Crippen LogP contribution in [-0.4, -0.2) is 59.7 Å². The van der Waals surface area contributed by atoms with Crippen molar-refractivity contribution in [3.05, 3.63) is 35.6 Å². The highest BCUT2D eigenvalue weighted by Crippen LogP contribution is 2.61. The van der Waals surface area contributed by atoms with Crippen molar-refractivity contribution < 1.29 is 29.3 Å². The third kappa shape index (κ3) is 4.64. The molecule has 2 amide bonds. The maximum atomic E-state index is 12.9. The SMILES string of the molecule is CC[C@H]1[C@H]2[C@H](C[C@H]1C)[C@@H]1C[C@H]3/C=C\C(O)=C4C(=O)N[C@@H](CCCNC(=O)/C=C/C[C@H]3[C@@H]1[C@H](O)[C@H]2OC)C4=O. The first-order chi connectivity index (χ1) is 18.3. The number of aliphatic hydroxyl groups is 2. The van der Waals surface area contributed by atoms with Crippen LogP contribution in [0.25, 0.3) is 0 Å². The van der Waals surface area contributed by atoms with Gasteiger partial charge in [0.05, 0.1) is 18.2 Å². The van der Waals surface area contributed by atoms with Gasteiger partial charge < -0.3 is 25.6 Å². The van der Waals surface area contributed by atoms with E-state index < -0.39 is 23.8 Å². The number of carbonyl (C=O) groups excluding carboxylic acids is 3. The molecule has 0 aromatic heterocycles. The zero-order valence-electron chi connectivity index (χ0n) is 22.6. The van der Waals surface area contributed by atoms with Crippen LogP contribution in [0.15, 0.2) is 35.6 Å². The Bertz CT molecular complexity index is 1050. The minimum Gasteiger partial charge on any atom is -0.507 e. The van der Waals surface area contributed by atoms with Gasteiger partial charge >= 0.3 is 0 Å². The summed E-state index contributed by atoms with van der Waals surface area (Å²) in [7, 11) is 1.71. The molecule has 0 aromatic rings. The second kappa shape index (κ2) is 11.0. The van der Waals surface area contributed by atoms with E-state index in [1.165, 1.54) is 6.08 Å². The Labute approximate surface area is 225 Å². The molecule has 11 atom stereocenters. The molecule has 2 aliphatic heterocycles. The van der Waals surface area contributed by atoms with Crippen LogP contribution in [0.4, 0.5) is 0 Å². The van der Waals surface area contributed by atoms with Gasteiger partial charge in [0.2, 0.25) is 5.91 Å². The second-order valence-corrected chi connectivity index (χ2v) is 12.1. The van der Waals surface area contributed by atoms with Gasteiger partial charge in [0, 0.05) is 13.7 Å². The van der Waals surface area contributed by atoms with Gasteiger partial charge in [0.1, 0.15) is 11.3 Å². The number of nitrogens with one attached hydrogen (secondary N) is 2. The third-order valence-corrected chi connectivity index (χ3v) is 10.3. The first-order valence-corrected chi connectivity index (χ1v) is 14.4. The molecule has 0 aromatic carbocycles. The molecule has 2 bridgehead atoms. The number of ketones is 1. The molecular weight excluding hydrogens is 484 g/mol. The summed E-state index contributed by atoms with van der Waals surface area (Å²) in [4.78, 5) is 37.8. The first kappa shape index (κ1) is 27.1. The van der Waals surface area contributed by atoms with Crippen LogP contribution >= 0.6 is 0 Å². The van der Waals surface area contributed by atoms with Gasteiger partial charge in [-0.2, -0.15) is 0 Å². The van der Waals surface area contributed by atoms with E-state index >= 15 is 0 Å². The smallest absolute Gasteiger partial charge is 0.259 e. The quantitative estimate of drug-likeness (QED) is 0.410. The summed E-state index contributed by atoms with van der Waals surface area (Å²) in [6.07, 6.45) is 10.6. The van der Waals surface area contributed by atoms with Crippen LogP contribution < -0.4 is 10.6 Å². The predicted molar refractivity (Wildman–Crippen MR) is 142 cm³/mol. The molecule has 8 heteroatoms. The average molecular weight is 527 g/mol. The van der Waals surface area contributed by atoms with Gasteiger partial charge in [-0.25, -0.2) is 0 Å². The van der Waals surface area contributed by atoms with E-state index in [-0.39, 0.29) is 41.1 Å². The average Bonchev–Trinajstić information content (AvgIpc) is 3.50. The van der Waals surface area contributed by atoms with E-state index in [1.54, 1.807) is 13.2 Å². The van der Waals surface area contributed by atoms with Crippen LogP contribution in [0.2, 0.25) is 0 Å². The highest BCUT2D eigenvalue weighted by Gasteiger charge is 2.61. The van der Waals surface area contributed by atoms with E-state index in [2.05, 4.69) is 24.5 Å². The predicted octanol–water partition coefficient (Wildman–Crippen LogP) is 2.83. The normalized spacial score (nSPS) is 45.2. The molecule has 8 nitrogen and oxygen atoms in total. The van der Waals surface area contributed by atoms with Crippen LogP contribution in [0, 0.1) is 47.3 Å². The molecule has 38 heavy (non-hydrogen) atoms. The minimum atomic E-state index is -0.690.